The SMILES string of the molecule is c1ccc(I2c3ccccc3Cc3ccccc32)cc1. The van der Waals surface area contributed by atoms with Gasteiger partial charge in [0.15, 0.2) is 0 Å². The zero-order chi connectivity index (χ0) is 13.4. The van der Waals surface area contributed by atoms with Crippen LogP contribution in [0.1, 0.15) is 11.1 Å². The standard InChI is InChI=1S/C19H15I/c1-2-10-17(11-3-1)20-18-12-6-4-8-15(18)14-16-9-5-7-13-19(16)20/h1-13H,14H2. The first-order valence-electron chi connectivity index (χ1n) is 6.84. The fourth-order valence-corrected chi connectivity index (χ4v) is 9.11. The summed E-state index contributed by atoms with van der Waals surface area (Å²) in [6.45, 7) is 0. The quantitative estimate of drug-likeness (QED) is 0.414. The van der Waals surface area contributed by atoms with E-state index >= 15 is 0 Å². The molecule has 0 fully saturated rings. The van der Waals surface area contributed by atoms with Crippen LogP contribution in [0.3, 0.4) is 0 Å². The van der Waals surface area contributed by atoms with Crippen molar-refractivity contribution in [2.24, 2.45) is 0 Å². The van der Waals surface area contributed by atoms with Gasteiger partial charge in [0.25, 0.3) is 0 Å². The first kappa shape index (κ1) is 12.2. The third-order valence-electron chi connectivity index (χ3n) is 3.66. The fraction of sp³-hybridized carbons (Fsp3) is 0.0526. The average Bonchev–Trinajstić information content (AvgIpc) is 2.53. The van der Waals surface area contributed by atoms with E-state index in [0.717, 1.165) is 6.42 Å². The Balaban J connectivity index is 1.98. The first-order chi connectivity index (χ1) is 9.93. The molecule has 0 saturated heterocycles. The molecular weight excluding hydrogens is 355 g/mol. The fourth-order valence-electron chi connectivity index (χ4n) is 2.74. The van der Waals surface area contributed by atoms with E-state index in [1.54, 1.807) is 7.14 Å². The second-order valence-electron chi connectivity index (χ2n) is 4.94. The summed E-state index contributed by atoms with van der Waals surface area (Å²) in [5.41, 5.74) is 3.06. The van der Waals surface area contributed by atoms with Crippen LogP contribution in [-0.2, 0) is 6.42 Å². The number of fused-ring (bicyclic) bond motifs is 2. The summed E-state index contributed by atoms with van der Waals surface area (Å²) < 4.78 is 4.76. The molecule has 1 heteroatoms. The van der Waals surface area contributed by atoms with Crippen LogP contribution in [0.25, 0.3) is 0 Å². The van der Waals surface area contributed by atoms with Crippen molar-refractivity contribution >= 4 is 19.8 Å². The molecule has 0 radical (unpaired) electrons. The van der Waals surface area contributed by atoms with Crippen molar-refractivity contribution in [2.45, 2.75) is 6.42 Å². The Kier molecular flexibility index (Phi) is 3.07. The Morgan fingerprint density at radius 3 is 1.65 bits per heavy atom. The van der Waals surface area contributed by atoms with Gasteiger partial charge in [0.2, 0.25) is 0 Å². The van der Waals surface area contributed by atoms with Crippen molar-refractivity contribution < 1.29 is 0 Å². The molecule has 1 aliphatic heterocycles. The number of hydrogen-bond donors (Lipinski definition) is 0. The van der Waals surface area contributed by atoms with Gasteiger partial charge in [-0.05, 0) is 0 Å². The second kappa shape index (κ2) is 5.06. The topological polar surface area (TPSA) is 0 Å². The van der Waals surface area contributed by atoms with Crippen LogP contribution >= 0.6 is 19.8 Å². The van der Waals surface area contributed by atoms with E-state index in [1.807, 2.05) is 0 Å². The van der Waals surface area contributed by atoms with Crippen LogP contribution in [0.2, 0.25) is 0 Å². The van der Waals surface area contributed by atoms with E-state index in [4.69, 9.17) is 0 Å². The summed E-state index contributed by atoms with van der Waals surface area (Å²) in [5, 5.41) is 0. The average molecular weight is 370 g/mol. The molecule has 3 aromatic rings. The molecule has 0 nitrogen and oxygen atoms in total. The molecule has 1 aliphatic rings. The summed E-state index contributed by atoms with van der Waals surface area (Å²) in [5.74, 6) is 0. The normalized spacial score (nSPS) is 14.5. The molecule has 0 atom stereocenters. The molecule has 0 spiro atoms. The Morgan fingerprint density at radius 1 is 0.550 bits per heavy atom. The predicted molar refractivity (Wildman–Crippen MR) is 92.2 cm³/mol. The second-order valence-corrected chi connectivity index (χ2v) is 10.1. The first-order valence-corrected chi connectivity index (χ1v) is 10.1. The molecule has 0 amide bonds. The summed E-state index contributed by atoms with van der Waals surface area (Å²) in [4.78, 5) is 0. The van der Waals surface area contributed by atoms with Gasteiger partial charge in [-0.3, -0.25) is 0 Å². The van der Waals surface area contributed by atoms with Crippen LogP contribution in [0.4, 0.5) is 0 Å². The van der Waals surface area contributed by atoms with Crippen molar-refractivity contribution in [1.29, 1.82) is 0 Å². The molecule has 0 N–H and O–H groups in total. The van der Waals surface area contributed by atoms with Gasteiger partial charge in [-0.1, -0.05) is 0 Å². The van der Waals surface area contributed by atoms with Crippen molar-refractivity contribution in [3.05, 3.63) is 101 Å². The Hall–Kier alpha value is -1.61. The van der Waals surface area contributed by atoms with Crippen LogP contribution in [0.15, 0.2) is 78.9 Å². The van der Waals surface area contributed by atoms with Gasteiger partial charge in [0.1, 0.15) is 0 Å². The van der Waals surface area contributed by atoms with Gasteiger partial charge in [-0.2, -0.15) is 0 Å². The van der Waals surface area contributed by atoms with E-state index in [0.29, 0.717) is 0 Å². The maximum atomic E-state index is 2.35. The van der Waals surface area contributed by atoms with Crippen LogP contribution < -0.4 is 0 Å². The molecule has 1 heterocycles. The van der Waals surface area contributed by atoms with Gasteiger partial charge < -0.3 is 0 Å². The Bertz CT molecular complexity index is 701. The van der Waals surface area contributed by atoms with Crippen LogP contribution in [-0.4, -0.2) is 0 Å². The van der Waals surface area contributed by atoms with Gasteiger partial charge >= 0.3 is 127 Å². The molecular formula is C19H15I. The summed E-state index contributed by atoms with van der Waals surface area (Å²) in [6.07, 6.45) is 1.09. The third kappa shape index (κ3) is 1.97. The number of halogens is 1. The zero-order valence-electron chi connectivity index (χ0n) is 11.1. The molecule has 0 unspecified atom stereocenters. The molecule has 0 aromatic heterocycles. The van der Waals surface area contributed by atoms with Crippen LogP contribution in [0.5, 0.6) is 0 Å². The minimum absolute atomic E-state index is 1.09. The van der Waals surface area contributed by atoms with Crippen molar-refractivity contribution in [2.75, 3.05) is 0 Å². The van der Waals surface area contributed by atoms with E-state index in [9.17, 15) is 0 Å². The monoisotopic (exact) mass is 370 g/mol. The van der Waals surface area contributed by atoms with Crippen molar-refractivity contribution in [1.82, 2.24) is 0 Å². The molecule has 20 heavy (non-hydrogen) atoms. The molecule has 4 rings (SSSR count). The summed E-state index contributed by atoms with van der Waals surface area (Å²) in [7, 11) is 0. The minimum atomic E-state index is -1.49. The van der Waals surface area contributed by atoms with Crippen LogP contribution in [0, 0.1) is 10.7 Å². The Labute approximate surface area is 126 Å². The Morgan fingerprint density at radius 2 is 1.05 bits per heavy atom. The van der Waals surface area contributed by atoms with Gasteiger partial charge in [0.05, 0.1) is 0 Å². The van der Waals surface area contributed by atoms with E-state index in [1.165, 1.54) is 14.7 Å². The summed E-state index contributed by atoms with van der Waals surface area (Å²) >= 11 is -1.49. The molecule has 3 aromatic carbocycles. The number of hydrogen-bond acceptors (Lipinski definition) is 0. The molecule has 0 aliphatic carbocycles. The van der Waals surface area contributed by atoms with Gasteiger partial charge in [0, 0.05) is 0 Å². The number of rotatable bonds is 1. The van der Waals surface area contributed by atoms with E-state index < -0.39 is 19.8 Å². The molecule has 0 saturated carbocycles. The summed E-state index contributed by atoms with van der Waals surface area (Å²) in [6, 6.07) is 29.1. The van der Waals surface area contributed by atoms with E-state index in [-0.39, 0.29) is 0 Å². The third-order valence-corrected chi connectivity index (χ3v) is 10.0. The molecule has 98 valence electrons. The van der Waals surface area contributed by atoms with Crippen molar-refractivity contribution in [3.63, 3.8) is 0 Å². The van der Waals surface area contributed by atoms with Gasteiger partial charge in [-0.25, -0.2) is 0 Å². The van der Waals surface area contributed by atoms with Gasteiger partial charge in [-0.15, -0.1) is 0 Å². The zero-order valence-corrected chi connectivity index (χ0v) is 13.2. The van der Waals surface area contributed by atoms with E-state index in [2.05, 4.69) is 78.9 Å². The van der Waals surface area contributed by atoms with Crippen molar-refractivity contribution in [3.8, 4) is 0 Å². The molecule has 0 bridgehead atoms. The predicted octanol–water partition coefficient (Wildman–Crippen LogP) is 5.01. The maximum absolute atomic E-state index is 2.35. The number of benzene rings is 3.